The molecule has 0 saturated heterocycles. The Balaban J connectivity index is 2.43. The molecule has 0 spiro atoms. The third kappa shape index (κ3) is 2.89. The summed E-state index contributed by atoms with van der Waals surface area (Å²) < 4.78 is 14.2. The number of anilines is 1. The van der Waals surface area contributed by atoms with Crippen LogP contribution in [0.5, 0.6) is 0 Å². The summed E-state index contributed by atoms with van der Waals surface area (Å²) in [4.78, 5) is 11.3. The largest absolute Gasteiger partial charge is 0.310 e. The molecule has 1 aromatic heterocycles. The standard InChI is InChI=1S/C12H8ClFN4O/c13-6-12(19)16-11-5-9(7-15)17-18(11)10-3-1-8(14)2-4-10/h1-5H,6H2,(H,16,19). The lowest BCUT2D eigenvalue weighted by Gasteiger charge is -2.07. The third-order valence-electron chi connectivity index (χ3n) is 2.28. The number of rotatable bonds is 3. The summed E-state index contributed by atoms with van der Waals surface area (Å²) in [6.45, 7) is 0. The van der Waals surface area contributed by atoms with Crippen LogP contribution in [0.2, 0.25) is 0 Å². The van der Waals surface area contributed by atoms with Crippen molar-refractivity contribution in [3.05, 3.63) is 41.8 Å². The van der Waals surface area contributed by atoms with Gasteiger partial charge in [-0.15, -0.1) is 11.6 Å². The topological polar surface area (TPSA) is 70.7 Å². The average molecular weight is 279 g/mol. The Kier molecular flexibility index (Phi) is 3.78. The van der Waals surface area contributed by atoms with E-state index < -0.39 is 5.91 Å². The van der Waals surface area contributed by atoms with Gasteiger partial charge in [-0.1, -0.05) is 0 Å². The van der Waals surface area contributed by atoms with Crippen molar-refractivity contribution in [1.29, 1.82) is 5.26 Å². The number of alkyl halides is 1. The highest BCUT2D eigenvalue weighted by molar-refractivity contribution is 6.29. The van der Waals surface area contributed by atoms with Gasteiger partial charge in [0.1, 0.15) is 23.6 Å². The fourth-order valence-electron chi connectivity index (χ4n) is 1.48. The molecule has 2 rings (SSSR count). The molecule has 19 heavy (non-hydrogen) atoms. The third-order valence-corrected chi connectivity index (χ3v) is 2.53. The van der Waals surface area contributed by atoms with Gasteiger partial charge in [0.25, 0.3) is 0 Å². The van der Waals surface area contributed by atoms with Crippen molar-refractivity contribution in [2.45, 2.75) is 0 Å². The summed E-state index contributed by atoms with van der Waals surface area (Å²) in [5.74, 6) is -0.720. The molecule has 0 aliphatic heterocycles. The van der Waals surface area contributed by atoms with Crippen molar-refractivity contribution in [3.63, 3.8) is 0 Å². The van der Waals surface area contributed by atoms with Crippen LogP contribution in [0, 0.1) is 17.1 Å². The molecular weight excluding hydrogens is 271 g/mol. The first-order valence-electron chi connectivity index (χ1n) is 5.26. The van der Waals surface area contributed by atoms with Gasteiger partial charge in [-0.3, -0.25) is 4.79 Å². The molecule has 1 aromatic carbocycles. The highest BCUT2D eigenvalue weighted by Gasteiger charge is 2.11. The minimum atomic E-state index is -0.422. The van der Waals surface area contributed by atoms with Crippen LogP contribution < -0.4 is 5.32 Å². The van der Waals surface area contributed by atoms with Crippen molar-refractivity contribution < 1.29 is 9.18 Å². The van der Waals surface area contributed by atoms with Crippen LogP contribution in [-0.4, -0.2) is 21.6 Å². The second kappa shape index (κ2) is 5.50. The molecule has 2 aromatic rings. The number of benzene rings is 1. The second-order valence-corrected chi connectivity index (χ2v) is 3.86. The number of hydrogen-bond donors (Lipinski definition) is 1. The normalized spacial score (nSPS) is 9.95. The van der Waals surface area contributed by atoms with E-state index in [1.807, 2.05) is 6.07 Å². The van der Waals surface area contributed by atoms with E-state index >= 15 is 0 Å². The maximum atomic E-state index is 12.9. The van der Waals surface area contributed by atoms with Gasteiger partial charge < -0.3 is 5.32 Å². The van der Waals surface area contributed by atoms with Crippen molar-refractivity contribution in [1.82, 2.24) is 9.78 Å². The molecule has 0 radical (unpaired) electrons. The van der Waals surface area contributed by atoms with Crippen molar-refractivity contribution in [2.75, 3.05) is 11.2 Å². The van der Waals surface area contributed by atoms with E-state index in [1.165, 1.54) is 35.0 Å². The van der Waals surface area contributed by atoms with Crippen molar-refractivity contribution >= 4 is 23.3 Å². The van der Waals surface area contributed by atoms with Crippen LogP contribution in [0.1, 0.15) is 5.69 Å². The highest BCUT2D eigenvalue weighted by atomic mass is 35.5. The zero-order chi connectivity index (χ0) is 13.8. The first kappa shape index (κ1) is 13.1. The van der Waals surface area contributed by atoms with Gasteiger partial charge in [-0.2, -0.15) is 10.4 Å². The lowest BCUT2D eigenvalue weighted by Crippen LogP contribution is -2.15. The number of hydrogen-bond acceptors (Lipinski definition) is 3. The summed E-state index contributed by atoms with van der Waals surface area (Å²) in [7, 11) is 0. The van der Waals surface area contributed by atoms with Gasteiger partial charge in [0.15, 0.2) is 5.69 Å². The summed E-state index contributed by atoms with van der Waals surface area (Å²) in [5, 5.41) is 15.3. The van der Waals surface area contributed by atoms with Crippen LogP contribution >= 0.6 is 11.6 Å². The van der Waals surface area contributed by atoms with E-state index in [-0.39, 0.29) is 17.4 Å². The van der Waals surface area contributed by atoms with Gasteiger partial charge >= 0.3 is 0 Å². The maximum absolute atomic E-state index is 12.9. The van der Waals surface area contributed by atoms with E-state index in [4.69, 9.17) is 16.9 Å². The molecule has 1 heterocycles. The smallest absolute Gasteiger partial charge is 0.240 e. The van der Waals surface area contributed by atoms with Crippen LogP contribution in [-0.2, 0) is 4.79 Å². The van der Waals surface area contributed by atoms with Crippen molar-refractivity contribution in [3.8, 4) is 11.8 Å². The SMILES string of the molecule is N#Cc1cc(NC(=O)CCl)n(-c2ccc(F)cc2)n1. The van der Waals surface area contributed by atoms with Gasteiger partial charge in [0.2, 0.25) is 5.91 Å². The molecule has 1 amide bonds. The number of amides is 1. The minimum Gasteiger partial charge on any atom is -0.310 e. The number of carbonyl (C=O) groups is 1. The zero-order valence-electron chi connectivity index (χ0n) is 9.60. The van der Waals surface area contributed by atoms with Crippen LogP contribution in [0.4, 0.5) is 10.2 Å². The lowest BCUT2D eigenvalue weighted by atomic mass is 10.3. The zero-order valence-corrected chi connectivity index (χ0v) is 10.4. The molecule has 96 valence electrons. The molecule has 0 fully saturated rings. The summed E-state index contributed by atoms with van der Waals surface area (Å²) in [6.07, 6.45) is 0. The van der Waals surface area contributed by atoms with Gasteiger partial charge in [0.05, 0.1) is 5.69 Å². The number of carbonyl (C=O) groups excluding carboxylic acids is 1. The Morgan fingerprint density at radius 2 is 2.16 bits per heavy atom. The Labute approximate surface area is 113 Å². The van der Waals surface area contributed by atoms with Gasteiger partial charge in [-0.25, -0.2) is 9.07 Å². The quantitative estimate of drug-likeness (QED) is 0.874. The fourth-order valence-corrected chi connectivity index (χ4v) is 1.55. The van der Waals surface area contributed by atoms with E-state index in [9.17, 15) is 9.18 Å². The van der Waals surface area contributed by atoms with Crippen molar-refractivity contribution in [2.24, 2.45) is 0 Å². The van der Waals surface area contributed by atoms with Crippen LogP contribution in [0.25, 0.3) is 5.69 Å². The summed E-state index contributed by atoms with van der Waals surface area (Å²) in [5.41, 5.74) is 0.655. The number of halogens is 2. The number of aromatic nitrogens is 2. The Morgan fingerprint density at radius 1 is 1.47 bits per heavy atom. The van der Waals surface area contributed by atoms with Gasteiger partial charge in [0, 0.05) is 6.07 Å². The van der Waals surface area contributed by atoms with Gasteiger partial charge in [-0.05, 0) is 24.3 Å². The molecule has 0 saturated carbocycles. The van der Waals surface area contributed by atoms with E-state index in [1.54, 1.807) is 0 Å². The highest BCUT2D eigenvalue weighted by Crippen LogP contribution is 2.17. The Hall–Kier alpha value is -2.39. The molecule has 1 N–H and O–H groups in total. The number of nitrogens with one attached hydrogen (secondary N) is 1. The second-order valence-electron chi connectivity index (χ2n) is 3.60. The Morgan fingerprint density at radius 3 is 2.74 bits per heavy atom. The molecule has 0 aliphatic carbocycles. The average Bonchev–Trinajstić information content (AvgIpc) is 2.82. The minimum absolute atomic E-state index is 0.134. The first-order chi connectivity index (χ1) is 9.13. The molecule has 5 nitrogen and oxygen atoms in total. The molecular formula is C12H8ClFN4O. The first-order valence-corrected chi connectivity index (χ1v) is 5.79. The predicted octanol–water partition coefficient (Wildman–Crippen LogP) is 2.06. The lowest BCUT2D eigenvalue weighted by molar-refractivity contribution is -0.114. The van der Waals surface area contributed by atoms with E-state index in [0.717, 1.165) is 0 Å². The summed E-state index contributed by atoms with van der Waals surface area (Å²) >= 11 is 5.41. The van der Waals surface area contributed by atoms with Crippen LogP contribution in [0.15, 0.2) is 30.3 Å². The molecule has 7 heteroatoms. The Bertz CT molecular complexity index is 645. The molecule has 0 aliphatic rings. The van der Waals surface area contributed by atoms with E-state index in [2.05, 4.69) is 10.4 Å². The monoisotopic (exact) mass is 278 g/mol. The molecule has 0 bridgehead atoms. The van der Waals surface area contributed by atoms with Crippen LogP contribution in [0.3, 0.4) is 0 Å². The van der Waals surface area contributed by atoms with E-state index in [0.29, 0.717) is 11.5 Å². The summed E-state index contributed by atoms with van der Waals surface area (Å²) in [6, 6.07) is 8.77. The molecule has 0 unspecified atom stereocenters. The maximum Gasteiger partial charge on any atom is 0.240 e. The fraction of sp³-hybridized carbons (Fsp3) is 0.0833. The number of nitriles is 1. The number of nitrogens with zero attached hydrogens (tertiary/aromatic N) is 3. The molecule has 0 atom stereocenters. The predicted molar refractivity (Wildman–Crippen MR) is 67.6 cm³/mol.